The minimum absolute atomic E-state index is 0.768. The molecule has 0 radical (unpaired) electrons. The Morgan fingerprint density at radius 2 is 2.28 bits per heavy atom. The molecule has 2 rings (SSSR count). The van der Waals surface area contributed by atoms with Gasteiger partial charge >= 0.3 is 0 Å². The highest BCUT2D eigenvalue weighted by Crippen LogP contribution is 2.13. The molecule has 98 valence electrons. The molecule has 0 saturated carbocycles. The molecule has 2 aromatic rings. The van der Waals surface area contributed by atoms with E-state index < -0.39 is 0 Å². The van der Waals surface area contributed by atoms with Crippen LogP contribution >= 0.6 is 0 Å². The Morgan fingerprint density at radius 1 is 1.39 bits per heavy atom. The van der Waals surface area contributed by atoms with Crippen LogP contribution in [0.25, 0.3) is 0 Å². The molecule has 0 aliphatic heterocycles. The van der Waals surface area contributed by atoms with E-state index in [1.165, 1.54) is 0 Å². The van der Waals surface area contributed by atoms with Gasteiger partial charge in [0.25, 0.3) is 0 Å². The number of imidazole rings is 1. The van der Waals surface area contributed by atoms with Gasteiger partial charge in [0.05, 0.1) is 6.20 Å². The van der Waals surface area contributed by atoms with E-state index in [0.717, 1.165) is 37.9 Å². The number of nitrogens with zero attached hydrogens (tertiary/aromatic N) is 4. The lowest BCUT2D eigenvalue weighted by Crippen LogP contribution is -2.07. The molecule has 0 unspecified atom stereocenters. The average Bonchev–Trinajstić information content (AvgIpc) is 2.96. The summed E-state index contributed by atoms with van der Waals surface area (Å²) in [6.07, 6.45) is 6.49. The molecule has 18 heavy (non-hydrogen) atoms. The molecular weight excluding hydrogens is 230 g/mol. The topological polar surface area (TPSA) is 56.9 Å². The molecule has 0 aromatic carbocycles. The van der Waals surface area contributed by atoms with Gasteiger partial charge in [-0.05, 0) is 13.3 Å². The fraction of sp³-hybridized carbons (Fsp3) is 0.500. The highest BCUT2D eigenvalue weighted by molar-refractivity contribution is 5.47. The third-order valence-corrected chi connectivity index (χ3v) is 2.67. The van der Waals surface area contributed by atoms with E-state index in [9.17, 15) is 0 Å². The summed E-state index contributed by atoms with van der Waals surface area (Å²) in [4.78, 5) is 4.30. The summed E-state index contributed by atoms with van der Waals surface area (Å²) >= 11 is 0. The Bertz CT molecular complexity index is 476. The molecule has 0 saturated heterocycles. The fourth-order valence-electron chi connectivity index (χ4n) is 1.71. The van der Waals surface area contributed by atoms with Crippen LogP contribution in [0.5, 0.6) is 0 Å². The number of ether oxygens (including phenoxy) is 1. The molecule has 0 aliphatic carbocycles. The third-order valence-electron chi connectivity index (χ3n) is 2.67. The van der Waals surface area contributed by atoms with Crippen LogP contribution in [-0.2, 0) is 18.3 Å². The van der Waals surface area contributed by atoms with Crippen LogP contribution < -0.4 is 5.32 Å². The summed E-state index contributed by atoms with van der Waals surface area (Å²) in [6, 6.07) is 1.92. The Balaban J connectivity index is 1.93. The normalized spacial score (nSPS) is 10.8. The molecule has 6 heteroatoms. The molecule has 2 heterocycles. The molecule has 0 fully saturated rings. The van der Waals surface area contributed by atoms with Gasteiger partial charge in [0, 0.05) is 45.3 Å². The van der Waals surface area contributed by atoms with Crippen LogP contribution in [0.1, 0.15) is 13.3 Å². The van der Waals surface area contributed by atoms with Crippen molar-refractivity contribution in [3.05, 3.63) is 24.7 Å². The smallest absolute Gasteiger partial charge is 0.208 e. The van der Waals surface area contributed by atoms with Crippen molar-refractivity contribution in [2.45, 2.75) is 19.9 Å². The molecule has 0 atom stereocenters. The number of aromatic nitrogens is 4. The SMILES string of the molecule is CCOCCCn1ccnc1Nc1ccnn1C. The van der Waals surface area contributed by atoms with E-state index in [4.69, 9.17) is 4.74 Å². The zero-order chi connectivity index (χ0) is 12.8. The van der Waals surface area contributed by atoms with Crippen molar-refractivity contribution in [2.24, 2.45) is 7.05 Å². The Morgan fingerprint density at radius 3 is 3.00 bits per heavy atom. The third kappa shape index (κ3) is 3.10. The molecule has 0 aliphatic rings. The standard InChI is InChI=1S/C12H19N5O/c1-3-18-10-4-8-17-9-7-13-12(17)15-11-5-6-14-16(11)2/h5-7,9H,3-4,8,10H2,1-2H3,(H,13,15). The van der Waals surface area contributed by atoms with Gasteiger partial charge in [-0.2, -0.15) is 5.10 Å². The maximum Gasteiger partial charge on any atom is 0.208 e. The van der Waals surface area contributed by atoms with Crippen molar-refractivity contribution in [1.82, 2.24) is 19.3 Å². The van der Waals surface area contributed by atoms with Crippen LogP contribution in [-0.4, -0.2) is 32.5 Å². The lowest BCUT2D eigenvalue weighted by molar-refractivity contribution is 0.142. The van der Waals surface area contributed by atoms with Crippen molar-refractivity contribution in [3.63, 3.8) is 0 Å². The first-order valence-corrected chi connectivity index (χ1v) is 6.15. The van der Waals surface area contributed by atoms with Gasteiger partial charge in [0.2, 0.25) is 5.95 Å². The number of anilines is 2. The van der Waals surface area contributed by atoms with Crippen molar-refractivity contribution >= 4 is 11.8 Å². The molecular formula is C12H19N5O. The van der Waals surface area contributed by atoms with Crippen LogP contribution in [0.3, 0.4) is 0 Å². The van der Waals surface area contributed by atoms with Gasteiger partial charge in [-0.15, -0.1) is 0 Å². The maximum absolute atomic E-state index is 5.33. The zero-order valence-corrected chi connectivity index (χ0v) is 10.8. The Hall–Kier alpha value is -1.82. The van der Waals surface area contributed by atoms with E-state index in [1.807, 2.05) is 26.2 Å². The van der Waals surface area contributed by atoms with Crippen molar-refractivity contribution < 1.29 is 4.74 Å². The summed E-state index contributed by atoms with van der Waals surface area (Å²) in [6.45, 7) is 4.44. The van der Waals surface area contributed by atoms with Crippen LogP contribution in [0.4, 0.5) is 11.8 Å². The maximum atomic E-state index is 5.33. The predicted octanol–water partition coefficient (Wildman–Crippen LogP) is 1.79. The first-order chi connectivity index (χ1) is 8.81. The number of nitrogens with one attached hydrogen (secondary N) is 1. The van der Waals surface area contributed by atoms with Crippen molar-refractivity contribution in [2.75, 3.05) is 18.5 Å². The second-order valence-corrected chi connectivity index (χ2v) is 3.96. The van der Waals surface area contributed by atoms with Gasteiger partial charge in [-0.3, -0.25) is 4.68 Å². The Labute approximate surface area is 107 Å². The lowest BCUT2D eigenvalue weighted by Gasteiger charge is -2.09. The highest BCUT2D eigenvalue weighted by atomic mass is 16.5. The molecule has 6 nitrogen and oxygen atoms in total. The van der Waals surface area contributed by atoms with Crippen molar-refractivity contribution in [1.29, 1.82) is 0 Å². The second kappa shape index (κ2) is 6.20. The molecule has 0 bridgehead atoms. The highest BCUT2D eigenvalue weighted by Gasteiger charge is 2.05. The average molecular weight is 249 g/mol. The quantitative estimate of drug-likeness (QED) is 0.760. The first kappa shape index (κ1) is 12.6. The zero-order valence-electron chi connectivity index (χ0n) is 10.8. The van der Waals surface area contributed by atoms with Gasteiger partial charge in [0.1, 0.15) is 5.82 Å². The molecule has 2 aromatic heterocycles. The van der Waals surface area contributed by atoms with Crippen LogP contribution in [0.2, 0.25) is 0 Å². The number of hydrogen-bond acceptors (Lipinski definition) is 4. The summed E-state index contributed by atoms with van der Waals surface area (Å²) in [5.41, 5.74) is 0. The Kier molecular flexibility index (Phi) is 4.35. The summed E-state index contributed by atoms with van der Waals surface area (Å²) in [7, 11) is 1.89. The summed E-state index contributed by atoms with van der Waals surface area (Å²) in [5, 5.41) is 7.36. The van der Waals surface area contributed by atoms with Crippen molar-refractivity contribution in [3.8, 4) is 0 Å². The minimum Gasteiger partial charge on any atom is -0.382 e. The van der Waals surface area contributed by atoms with E-state index in [2.05, 4.69) is 20.0 Å². The van der Waals surface area contributed by atoms with Gasteiger partial charge in [-0.1, -0.05) is 0 Å². The predicted molar refractivity (Wildman–Crippen MR) is 69.8 cm³/mol. The number of hydrogen-bond donors (Lipinski definition) is 1. The van der Waals surface area contributed by atoms with Crippen LogP contribution in [0, 0.1) is 0 Å². The summed E-state index contributed by atoms with van der Waals surface area (Å²) in [5.74, 6) is 1.75. The lowest BCUT2D eigenvalue weighted by atomic mass is 10.4. The van der Waals surface area contributed by atoms with Gasteiger partial charge < -0.3 is 14.6 Å². The van der Waals surface area contributed by atoms with Crippen LogP contribution in [0.15, 0.2) is 24.7 Å². The first-order valence-electron chi connectivity index (χ1n) is 6.15. The number of aryl methyl sites for hydroxylation is 2. The fourth-order valence-corrected chi connectivity index (χ4v) is 1.71. The molecule has 1 N–H and O–H groups in total. The second-order valence-electron chi connectivity index (χ2n) is 3.96. The van der Waals surface area contributed by atoms with Gasteiger partial charge in [0.15, 0.2) is 0 Å². The summed E-state index contributed by atoms with van der Waals surface area (Å²) < 4.78 is 9.18. The minimum atomic E-state index is 0.768. The molecule has 0 spiro atoms. The van der Waals surface area contributed by atoms with E-state index in [-0.39, 0.29) is 0 Å². The van der Waals surface area contributed by atoms with Gasteiger partial charge in [-0.25, -0.2) is 4.98 Å². The molecule has 0 amide bonds. The monoisotopic (exact) mass is 249 g/mol. The van der Waals surface area contributed by atoms with E-state index in [1.54, 1.807) is 17.1 Å². The largest absolute Gasteiger partial charge is 0.382 e. The number of rotatable bonds is 7. The van der Waals surface area contributed by atoms with E-state index >= 15 is 0 Å². The van der Waals surface area contributed by atoms with E-state index in [0.29, 0.717) is 0 Å².